The van der Waals surface area contributed by atoms with Crippen molar-refractivity contribution >= 4 is 0 Å². The molecule has 0 aliphatic carbocycles. The van der Waals surface area contributed by atoms with Crippen LogP contribution in [0.4, 0.5) is 0 Å². The Morgan fingerprint density at radius 2 is 2.17 bits per heavy atom. The van der Waals surface area contributed by atoms with Gasteiger partial charge in [0.1, 0.15) is 6.10 Å². The van der Waals surface area contributed by atoms with Crippen LogP contribution in [0.15, 0.2) is 0 Å². The Balaban J connectivity index is 1.94. The molecule has 2 N–H and O–H groups in total. The second-order valence-corrected chi connectivity index (χ2v) is 3.39. The number of hydrogen-bond acceptors (Lipinski definition) is 4. The summed E-state index contributed by atoms with van der Waals surface area (Å²) in [6.07, 6.45) is 1.68. The van der Waals surface area contributed by atoms with Crippen molar-refractivity contribution in [2.75, 3.05) is 26.3 Å². The third kappa shape index (κ3) is 1.47. The van der Waals surface area contributed by atoms with E-state index in [0.717, 1.165) is 25.9 Å². The highest BCUT2D eigenvalue weighted by Crippen LogP contribution is 2.31. The van der Waals surface area contributed by atoms with Gasteiger partial charge in [-0.3, -0.25) is 0 Å². The Morgan fingerprint density at radius 3 is 2.75 bits per heavy atom. The first-order valence-electron chi connectivity index (χ1n) is 4.48. The summed E-state index contributed by atoms with van der Waals surface area (Å²) >= 11 is 0. The number of piperidine rings is 1. The van der Waals surface area contributed by atoms with Crippen LogP contribution in [-0.2, 0) is 9.47 Å². The van der Waals surface area contributed by atoms with E-state index in [1.54, 1.807) is 0 Å². The summed E-state index contributed by atoms with van der Waals surface area (Å²) in [6, 6.07) is 0. The summed E-state index contributed by atoms with van der Waals surface area (Å²) in [5.41, 5.74) is 0. The highest BCUT2D eigenvalue weighted by atomic mass is 16.7. The smallest absolute Gasteiger partial charge is 0.171 e. The van der Waals surface area contributed by atoms with E-state index in [0.29, 0.717) is 6.61 Å². The Labute approximate surface area is 71.9 Å². The number of nitrogens with one attached hydrogen (secondary N) is 1. The van der Waals surface area contributed by atoms with E-state index in [1.807, 2.05) is 0 Å². The lowest BCUT2D eigenvalue weighted by Gasteiger charge is -2.32. The molecule has 12 heavy (non-hydrogen) atoms. The fourth-order valence-electron chi connectivity index (χ4n) is 1.78. The summed E-state index contributed by atoms with van der Waals surface area (Å²) in [5.74, 6) is -0.376. The SMILES string of the molecule is OCC1COC2(CCNCC2)O1. The molecule has 0 saturated carbocycles. The molecule has 4 nitrogen and oxygen atoms in total. The number of aliphatic hydroxyl groups is 1. The van der Waals surface area contributed by atoms with E-state index in [1.165, 1.54) is 0 Å². The monoisotopic (exact) mass is 173 g/mol. The van der Waals surface area contributed by atoms with Crippen molar-refractivity contribution < 1.29 is 14.6 Å². The Bertz CT molecular complexity index is 156. The van der Waals surface area contributed by atoms with E-state index in [4.69, 9.17) is 14.6 Å². The molecule has 4 heteroatoms. The molecule has 0 radical (unpaired) electrons. The van der Waals surface area contributed by atoms with Gasteiger partial charge in [-0.25, -0.2) is 0 Å². The minimum absolute atomic E-state index is 0.0647. The molecule has 0 aromatic rings. The molecule has 2 rings (SSSR count). The minimum Gasteiger partial charge on any atom is -0.394 e. The van der Waals surface area contributed by atoms with Crippen molar-refractivity contribution in [3.63, 3.8) is 0 Å². The second kappa shape index (κ2) is 3.30. The fraction of sp³-hybridized carbons (Fsp3) is 1.00. The van der Waals surface area contributed by atoms with Crippen LogP contribution in [0.25, 0.3) is 0 Å². The summed E-state index contributed by atoms with van der Waals surface area (Å²) in [7, 11) is 0. The quantitative estimate of drug-likeness (QED) is 0.560. The topological polar surface area (TPSA) is 50.7 Å². The third-order valence-corrected chi connectivity index (χ3v) is 2.48. The van der Waals surface area contributed by atoms with Crippen LogP contribution in [0.5, 0.6) is 0 Å². The number of hydrogen-bond donors (Lipinski definition) is 2. The van der Waals surface area contributed by atoms with Crippen molar-refractivity contribution in [1.29, 1.82) is 0 Å². The second-order valence-electron chi connectivity index (χ2n) is 3.39. The highest BCUT2D eigenvalue weighted by molar-refractivity contribution is 4.83. The molecule has 1 atom stereocenters. The highest BCUT2D eigenvalue weighted by Gasteiger charge is 2.41. The average Bonchev–Trinajstić information content (AvgIpc) is 2.50. The molecule has 0 aromatic carbocycles. The predicted octanol–water partition coefficient (Wildman–Crippen LogP) is -0.526. The van der Waals surface area contributed by atoms with Gasteiger partial charge < -0.3 is 19.9 Å². The summed E-state index contributed by atoms with van der Waals surface area (Å²) in [6.45, 7) is 2.49. The van der Waals surface area contributed by atoms with Crippen LogP contribution >= 0.6 is 0 Å². The predicted molar refractivity (Wildman–Crippen MR) is 42.7 cm³/mol. The Morgan fingerprint density at radius 1 is 1.42 bits per heavy atom. The largest absolute Gasteiger partial charge is 0.394 e. The van der Waals surface area contributed by atoms with Crippen LogP contribution < -0.4 is 5.32 Å². The van der Waals surface area contributed by atoms with Crippen LogP contribution in [0.1, 0.15) is 12.8 Å². The van der Waals surface area contributed by atoms with E-state index in [2.05, 4.69) is 5.32 Å². The lowest BCUT2D eigenvalue weighted by atomic mass is 10.1. The number of rotatable bonds is 1. The van der Waals surface area contributed by atoms with Gasteiger partial charge >= 0.3 is 0 Å². The van der Waals surface area contributed by atoms with Gasteiger partial charge in [0.2, 0.25) is 0 Å². The summed E-state index contributed by atoms with van der Waals surface area (Å²) in [5, 5.41) is 12.1. The van der Waals surface area contributed by atoms with E-state index in [9.17, 15) is 0 Å². The van der Waals surface area contributed by atoms with E-state index < -0.39 is 0 Å². The summed E-state index contributed by atoms with van der Waals surface area (Å²) in [4.78, 5) is 0. The van der Waals surface area contributed by atoms with Crippen LogP contribution in [0, 0.1) is 0 Å². The van der Waals surface area contributed by atoms with Crippen molar-refractivity contribution in [3.8, 4) is 0 Å². The molecule has 2 saturated heterocycles. The maximum Gasteiger partial charge on any atom is 0.171 e. The molecule has 2 aliphatic heterocycles. The Hall–Kier alpha value is -0.160. The van der Waals surface area contributed by atoms with E-state index >= 15 is 0 Å². The van der Waals surface area contributed by atoms with Gasteiger partial charge in [-0.2, -0.15) is 0 Å². The molecule has 2 heterocycles. The normalized spacial score (nSPS) is 34.2. The zero-order valence-corrected chi connectivity index (χ0v) is 7.08. The van der Waals surface area contributed by atoms with Crippen molar-refractivity contribution in [2.24, 2.45) is 0 Å². The molecule has 0 amide bonds. The molecule has 0 bridgehead atoms. The minimum atomic E-state index is -0.376. The Kier molecular flexibility index (Phi) is 2.32. The average molecular weight is 173 g/mol. The number of aliphatic hydroxyl groups excluding tert-OH is 1. The molecule has 1 spiro atoms. The van der Waals surface area contributed by atoms with Gasteiger partial charge in [0.05, 0.1) is 13.2 Å². The van der Waals surface area contributed by atoms with Crippen molar-refractivity contribution in [3.05, 3.63) is 0 Å². The number of ether oxygens (including phenoxy) is 2. The lowest BCUT2D eigenvalue weighted by Crippen LogP contribution is -2.43. The van der Waals surface area contributed by atoms with Gasteiger partial charge in [0, 0.05) is 25.9 Å². The zero-order valence-electron chi connectivity index (χ0n) is 7.08. The molecular formula is C8H15NO3. The molecular weight excluding hydrogens is 158 g/mol. The first-order valence-corrected chi connectivity index (χ1v) is 4.48. The van der Waals surface area contributed by atoms with Crippen molar-refractivity contribution in [1.82, 2.24) is 5.32 Å². The zero-order chi connectivity index (χ0) is 8.44. The molecule has 2 aliphatic rings. The maximum atomic E-state index is 8.86. The molecule has 70 valence electrons. The van der Waals surface area contributed by atoms with Gasteiger partial charge in [-0.15, -0.1) is 0 Å². The fourth-order valence-corrected chi connectivity index (χ4v) is 1.78. The van der Waals surface area contributed by atoms with E-state index in [-0.39, 0.29) is 18.5 Å². The first-order chi connectivity index (χ1) is 5.85. The van der Waals surface area contributed by atoms with Crippen LogP contribution in [0.2, 0.25) is 0 Å². The molecule has 1 unspecified atom stereocenters. The molecule has 2 fully saturated rings. The lowest BCUT2D eigenvalue weighted by molar-refractivity contribution is -0.185. The van der Waals surface area contributed by atoms with Gasteiger partial charge in [-0.1, -0.05) is 0 Å². The van der Waals surface area contributed by atoms with Gasteiger partial charge in [-0.05, 0) is 0 Å². The van der Waals surface area contributed by atoms with Crippen molar-refractivity contribution in [2.45, 2.75) is 24.7 Å². The van der Waals surface area contributed by atoms with Crippen LogP contribution in [0.3, 0.4) is 0 Å². The third-order valence-electron chi connectivity index (χ3n) is 2.48. The van der Waals surface area contributed by atoms with Gasteiger partial charge in [0.15, 0.2) is 5.79 Å². The molecule has 0 aromatic heterocycles. The standard InChI is InChI=1S/C8H15NO3/c10-5-7-6-11-8(12-7)1-3-9-4-2-8/h7,9-10H,1-6H2. The van der Waals surface area contributed by atoms with Gasteiger partial charge in [0.25, 0.3) is 0 Å². The van der Waals surface area contributed by atoms with Crippen LogP contribution in [-0.4, -0.2) is 43.3 Å². The summed E-state index contributed by atoms with van der Waals surface area (Å²) < 4.78 is 11.2. The first kappa shape index (κ1) is 8.44. The maximum absolute atomic E-state index is 8.86.